The number of pyridine rings is 1. The molecule has 5 nitrogen and oxygen atoms in total. The summed E-state index contributed by atoms with van der Waals surface area (Å²) in [6, 6.07) is 9.34. The molecule has 2 heterocycles. The van der Waals surface area contributed by atoms with Gasteiger partial charge in [0.2, 0.25) is 0 Å². The fourth-order valence-electron chi connectivity index (χ4n) is 3.14. The number of likely N-dealkylation sites (tertiary alicyclic amines) is 1. The normalized spacial score (nSPS) is 18.1. The van der Waals surface area contributed by atoms with Crippen LogP contribution in [-0.2, 0) is 6.54 Å². The van der Waals surface area contributed by atoms with Gasteiger partial charge >= 0.3 is 6.36 Å². The maximum absolute atomic E-state index is 12.3. The van der Waals surface area contributed by atoms with Crippen LogP contribution in [0, 0.1) is 0 Å². The Hall–Kier alpha value is -2.61. The maximum Gasteiger partial charge on any atom is 0.573 e. The van der Waals surface area contributed by atoms with Crippen molar-refractivity contribution >= 4 is 5.91 Å². The lowest BCUT2D eigenvalue weighted by Crippen LogP contribution is -2.47. The third-order valence-electron chi connectivity index (χ3n) is 4.33. The molecule has 1 aromatic heterocycles. The van der Waals surface area contributed by atoms with Crippen LogP contribution in [0.3, 0.4) is 0 Å². The average molecular weight is 379 g/mol. The summed E-state index contributed by atoms with van der Waals surface area (Å²) in [5.41, 5.74) is 1.42. The van der Waals surface area contributed by atoms with Crippen LogP contribution in [0.15, 0.2) is 48.8 Å². The van der Waals surface area contributed by atoms with Crippen molar-refractivity contribution < 1.29 is 22.7 Å². The highest BCUT2D eigenvalue weighted by atomic mass is 19.4. The minimum absolute atomic E-state index is 0.0271. The topological polar surface area (TPSA) is 54.5 Å². The number of amides is 1. The van der Waals surface area contributed by atoms with Gasteiger partial charge in [0.1, 0.15) is 5.75 Å². The van der Waals surface area contributed by atoms with Gasteiger partial charge in [-0.1, -0.05) is 12.1 Å². The minimum atomic E-state index is -4.69. The number of rotatable bonds is 5. The van der Waals surface area contributed by atoms with Crippen molar-refractivity contribution in [3.63, 3.8) is 0 Å². The minimum Gasteiger partial charge on any atom is -0.406 e. The number of halogens is 3. The summed E-state index contributed by atoms with van der Waals surface area (Å²) in [5.74, 6) is -0.380. The van der Waals surface area contributed by atoms with Crippen molar-refractivity contribution in [2.45, 2.75) is 31.8 Å². The van der Waals surface area contributed by atoms with Gasteiger partial charge in [-0.15, -0.1) is 13.2 Å². The number of hydrogen-bond donors (Lipinski definition) is 1. The van der Waals surface area contributed by atoms with Crippen LogP contribution < -0.4 is 10.1 Å². The SMILES string of the molecule is O=C(NC1CCCN(Cc2ccc(OC(F)(F)F)cc2)C1)c1cccnc1. The quantitative estimate of drug-likeness (QED) is 0.866. The Morgan fingerprint density at radius 2 is 2.04 bits per heavy atom. The van der Waals surface area contributed by atoms with Gasteiger partial charge < -0.3 is 10.1 Å². The average Bonchev–Trinajstić information content (AvgIpc) is 2.63. The zero-order chi connectivity index (χ0) is 19.3. The van der Waals surface area contributed by atoms with Gasteiger partial charge in [0.15, 0.2) is 0 Å². The van der Waals surface area contributed by atoms with E-state index in [4.69, 9.17) is 0 Å². The molecule has 1 N–H and O–H groups in total. The Kier molecular flexibility index (Phi) is 5.95. The molecule has 27 heavy (non-hydrogen) atoms. The molecule has 3 rings (SSSR count). The molecule has 2 aromatic rings. The molecule has 0 spiro atoms. The van der Waals surface area contributed by atoms with E-state index in [2.05, 4.69) is 19.9 Å². The van der Waals surface area contributed by atoms with E-state index >= 15 is 0 Å². The van der Waals surface area contributed by atoms with Crippen LogP contribution in [0.5, 0.6) is 5.75 Å². The predicted molar refractivity (Wildman–Crippen MR) is 93.1 cm³/mol. The summed E-state index contributed by atoms with van der Waals surface area (Å²) in [6.45, 7) is 2.17. The summed E-state index contributed by atoms with van der Waals surface area (Å²) in [7, 11) is 0. The fourth-order valence-corrected chi connectivity index (χ4v) is 3.14. The second-order valence-corrected chi connectivity index (χ2v) is 6.48. The smallest absolute Gasteiger partial charge is 0.406 e. The van der Waals surface area contributed by atoms with Crippen molar-refractivity contribution in [3.05, 3.63) is 59.9 Å². The van der Waals surface area contributed by atoms with Crippen molar-refractivity contribution in [2.75, 3.05) is 13.1 Å². The summed E-state index contributed by atoms with van der Waals surface area (Å²) < 4.78 is 40.5. The van der Waals surface area contributed by atoms with E-state index in [1.165, 1.54) is 18.3 Å². The molecule has 1 atom stereocenters. The van der Waals surface area contributed by atoms with E-state index in [-0.39, 0.29) is 17.7 Å². The summed E-state index contributed by atoms with van der Waals surface area (Å²) >= 11 is 0. The molecule has 1 amide bonds. The van der Waals surface area contributed by atoms with Gasteiger partial charge in [0.25, 0.3) is 5.91 Å². The molecule has 0 bridgehead atoms. The van der Waals surface area contributed by atoms with Crippen molar-refractivity contribution in [3.8, 4) is 5.75 Å². The van der Waals surface area contributed by atoms with Crippen molar-refractivity contribution in [2.24, 2.45) is 0 Å². The molecular weight excluding hydrogens is 359 g/mol. The predicted octanol–water partition coefficient (Wildman–Crippen LogP) is 3.37. The molecule has 1 unspecified atom stereocenters. The van der Waals surface area contributed by atoms with Gasteiger partial charge in [-0.25, -0.2) is 0 Å². The van der Waals surface area contributed by atoms with Crippen LogP contribution in [0.4, 0.5) is 13.2 Å². The zero-order valence-corrected chi connectivity index (χ0v) is 14.6. The molecule has 1 aliphatic rings. The summed E-state index contributed by atoms with van der Waals surface area (Å²) in [5, 5.41) is 3.02. The standard InChI is InChI=1S/C19H20F3N3O2/c20-19(21,22)27-17-7-5-14(6-8-17)12-25-10-2-4-16(13-25)24-18(26)15-3-1-9-23-11-15/h1,3,5-9,11,16H,2,4,10,12-13H2,(H,24,26). The third kappa shape index (κ3) is 5.96. The Balaban J connectivity index is 1.53. The molecule has 8 heteroatoms. The molecule has 0 saturated carbocycles. The van der Waals surface area contributed by atoms with E-state index in [0.29, 0.717) is 18.7 Å². The second kappa shape index (κ2) is 8.39. The zero-order valence-electron chi connectivity index (χ0n) is 14.6. The number of nitrogens with zero attached hydrogens (tertiary/aromatic N) is 2. The lowest BCUT2D eigenvalue weighted by molar-refractivity contribution is -0.274. The van der Waals surface area contributed by atoms with E-state index in [1.807, 2.05) is 0 Å². The Labute approximate surface area is 155 Å². The molecular formula is C19H20F3N3O2. The number of ether oxygens (including phenoxy) is 1. The summed E-state index contributed by atoms with van der Waals surface area (Å²) in [6.07, 6.45) is 0.285. The highest BCUT2D eigenvalue weighted by Gasteiger charge is 2.31. The molecule has 1 aromatic carbocycles. The van der Waals surface area contributed by atoms with Gasteiger partial charge in [-0.05, 0) is 49.2 Å². The highest BCUT2D eigenvalue weighted by Crippen LogP contribution is 2.23. The lowest BCUT2D eigenvalue weighted by atomic mass is 10.0. The van der Waals surface area contributed by atoms with E-state index in [0.717, 1.165) is 24.9 Å². The fraction of sp³-hybridized carbons (Fsp3) is 0.368. The Morgan fingerprint density at radius 3 is 2.70 bits per heavy atom. The maximum atomic E-state index is 12.3. The molecule has 0 aliphatic carbocycles. The molecule has 1 saturated heterocycles. The van der Waals surface area contributed by atoms with Gasteiger partial charge in [-0.2, -0.15) is 0 Å². The van der Waals surface area contributed by atoms with Crippen LogP contribution in [-0.4, -0.2) is 41.3 Å². The van der Waals surface area contributed by atoms with Crippen LogP contribution in [0.25, 0.3) is 0 Å². The van der Waals surface area contributed by atoms with E-state index in [9.17, 15) is 18.0 Å². The van der Waals surface area contributed by atoms with Crippen molar-refractivity contribution in [1.82, 2.24) is 15.2 Å². The number of benzene rings is 1. The second-order valence-electron chi connectivity index (χ2n) is 6.48. The number of carbonyl (C=O) groups is 1. The third-order valence-corrected chi connectivity index (χ3v) is 4.33. The first kappa shape index (κ1) is 19.2. The molecule has 1 fully saturated rings. The number of nitrogens with one attached hydrogen (secondary N) is 1. The number of carbonyl (C=O) groups excluding carboxylic acids is 1. The van der Waals surface area contributed by atoms with Gasteiger partial charge in [0.05, 0.1) is 5.56 Å². The number of aromatic nitrogens is 1. The van der Waals surface area contributed by atoms with E-state index in [1.54, 1.807) is 30.5 Å². The summed E-state index contributed by atoms with van der Waals surface area (Å²) in [4.78, 5) is 18.4. The number of alkyl halides is 3. The first-order chi connectivity index (χ1) is 12.9. The van der Waals surface area contributed by atoms with Crippen LogP contribution in [0.2, 0.25) is 0 Å². The van der Waals surface area contributed by atoms with Crippen LogP contribution >= 0.6 is 0 Å². The highest BCUT2D eigenvalue weighted by molar-refractivity contribution is 5.94. The Bertz CT molecular complexity index is 751. The lowest BCUT2D eigenvalue weighted by Gasteiger charge is -2.33. The van der Waals surface area contributed by atoms with Gasteiger partial charge in [0, 0.05) is 31.5 Å². The van der Waals surface area contributed by atoms with Gasteiger partial charge in [-0.3, -0.25) is 14.7 Å². The molecule has 144 valence electrons. The number of hydrogen-bond acceptors (Lipinski definition) is 4. The monoisotopic (exact) mass is 379 g/mol. The molecule has 1 aliphatic heterocycles. The first-order valence-corrected chi connectivity index (χ1v) is 8.67. The first-order valence-electron chi connectivity index (χ1n) is 8.67. The molecule has 0 radical (unpaired) electrons. The van der Waals surface area contributed by atoms with Crippen molar-refractivity contribution in [1.29, 1.82) is 0 Å². The Morgan fingerprint density at radius 1 is 1.26 bits per heavy atom. The largest absolute Gasteiger partial charge is 0.573 e. The van der Waals surface area contributed by atoms with Crippen LogP contribution in [0.1, 0.15) is 28.8 Å². The van der Waals surface area contributed by atoms with E-state index < -0.39 is 6.36 Å². The number of piperidine rings is 1.